The largest absolute Gasteiger partial charge is 0.315 e. The van der Waals surface area contributed by atoms with Crippen LogP contribution in [0.4, 0.5) is 0 Å². The predicted molar refractivity (Wildman–Crippen MR) is 51.5 cm³/mol. The molecule has 70 valence electrons. The van der Waals surface area contributed by atoms with Gasteiger partial charge in [0.1, 0.15) is 0 Å². The van der Waals surface area contributed by atoms with Crippen LogP contribution in [0.25, 0.3) is 0 Å². The molecule has 0 saturated carbocycles. The highest BCUT2D eigenvalue weighted by atomic mass is 15.2. The van der Waals surface area contributed by atoms with Gasteiger partial charge in [-0.3, -0.25) is 11.3 Å². The molecule has 12 heavy (non-hydrogen) atoms. The average Bonchev–Trinajstić information content (AvgIpc) is 2.14. The maximum atomic E-state index is 5.15. The first-order valence-electron chi connectivity index (χ1n) is 4.72. The Morgan fingerprint density at radius 3 is 2.92 bits per heavy atom. The van der Waals surface area contributed by atoms with Gasteiger partial charge in [-0.05, 0) is 31.7 Å². The first-order chi connectivity index (χ1) is 5.93. The SMILES string of the molecule is NNCCNCC1CC=CCC1. The molecule has 1 unspecified atom stereocenters. The Balaban J connectivity index is 1.95. The average molecular weight is 169 g/mol. The van der Waals surface area contributed by atoms with Gasteiger partial charge >= 0.3 is 0 Å². The van der Waals surface area contributed by atoms with Crippen LogP contribution in [0.3, 0.4) is 0 Å². The first kappa shape index (κ1) is 9.71. The van der Waals surface area contributed by atoms with E-state index in [2.05, 4.69) is 22.9 Å². The van der Waals surface area contributed by atoms with Gasteiger partial charge in [-0.25, -0.2) is 0 Å². The Morgan fingerprint density at radius 2 is 2.25 bits per heavy atom. The van der Waals surface area contributed by atoms with Gasteiger partial charge in [-0.2, -0.15) is 0 Å². The molecule has 0 aromatic carbocycles. The van der Waals surface area contributed by atoms with Gasteiger partial charge in [-0.1, -0.05) is 12.2 Å². The molecule has 0 heterocycles. The van der Waals surface area contributed by atoms with E-state index in [-0.39, 0.29) is 0 Å². The summed E-state index contributed by atoms with van der Waals surface area (Å²) in [6, 6.07) is 0. The van der Waals surface area contributed by atoms with Gasteiger partial charge < -0.3 is 5.32 Å². The number of nitrogens with two attached hydrogens (primary N) is 1. The highest BCUT2D eigenvalue weighted by Gasteiger charge is 2.07. The van der Waals surface area contributed by atoms with Gasteiger partial charge in [0.25, 0.3) is 0 Å². The highest BCUT2D eigenvalue weighted by molar-refractivity contribution is 4.90. The van der Waals surface area contributed by atoms with Gasteiger partial charge in [0, 0.05) is 13.1 Å². The Morgan fingerprint density at radius 1 is 1.33 bits per heavy atom. The second-order valence-electron chi connectivity index (χ2n) is 3.31. The van der Waals surface area contributed by atoms with E-state index in [9.17, 15) is 0 Å². The Kier molecular flexibility index (Phi) is 4.99. The number of allylic oxidation sites excluding steroid dienone is 2. The van der Waals surface area contributed by atoms with Crippen LogP contribution in [0.15, 0.2) is 12.2 Å². The van der Waals surface area contributed by atoms with Crippen molar-refractivity contribution in [3.8, 4) is 0 Å². The maximum absolute atomic E-state index is 5.15. The van der Waals surface area contributed by atoms with Crippen LogP contribution in [0.1, 0.15) is 19.3 Å². The fraction of sp³-hybridized carbons (Fsp3) is 0.778. The minimum absolute atomic E-state index is 0.841. The van der Waals surface area contributed by atoms with E-state index in [1.54, 1.807) is 0 Å². The summed E-state index contributed by atoms with van der Waals surface area (Å²) in [5.41, 5.74) is 2.63. The number of nitrogens with one attached hydrogen (secondary N) is 2. The van der Waals surface area contributed by atoms with Gasteiger partial charge in [0.2, 0.25) is 0 Å². The minimum Gasteiger partial charge on any atom is -0.315 e. The molecule has 0 aromatic heterocycles. The number of hydrogen-bond donors (Lipinski definition) is 3. The van der Waals surface area contributed by atoms with Crippen molar-refractivity contribution in [1.29, 1.82) is 0 Å². The Labute approximate surface area is 74.4 Å². The first-order valence-corrected chi connectivity index (χ1v) is 4.72. The van der Waals surface area contributed by atoms with E-state index >= 15 is 0 Å². The zero-order valence-electron chi connectivity index (χ0n) is 7.55. The molecule has 4 N–H and O–H groups in total. The van der Waals surface area contributed by atoms with Crippen LogP contribution < -0.4 is 16.6 Å². The topological polar surface area (TPSA) is 50.1 Å². The van der Waals surface area contributed by atoms with Crippen molar-refractivity contribution >= 4 is 0 Å². The van der Waals surface area contributed by atoms with Crippen LogP contribution in [0.2, 0.25) is 0 Å². The summed E-state index contributed by atoms with van der Waals surface area (Å²) in [7, 11) is 0. The fourth-order valence-electron chi connectivity index (χ4n) is 1.51. The third-order valence-electron chi connectivity index (χ3n) is 2.26. The predicted octanol–water partition coefficient (Wildman–Crippen LogP) is 0.396. The van der Waals surface area contributed by atoms with Crippen LogP contribution in [0.5, 0.6) is 0 Å². The van der Waals surface area contributed by atoms with E-state index in [4.69, 9.17) is 5.84 Å². The molecule has 1 aliphatic rings. The van der Waals surface area contributed by atoms with Gasteiger partial charge in [0.15, 0.2) is 0 Å². The number of hydrogen-bond acceptors (Lipinski definition) is 3. The molecule has 0 spiro atoms. The lowest BCUT2D eigenvalue weighted by Crippen LogP contribution is -2.34. The molecule has 0 amide bonds. The minimum atomic E-state index is 0.841. The van der Waals surface area contributed by atoms with Crippen LogP contribution in [-0.4, -0.2) is 19.6 Å². The summed E-state index contributed by atoms with van der Waals surface area (Å²) >= 11 is 0. The summed E-state index contributed by atoms with van der Waals surface area (Å²) in [5, 5.41) is 3.38. The molecular formula is C9H19N3. The van der Waals surface area contributed by atoms with Crippen molar-refractivity contribution in [2.45, 2.75) is 19.3 Å². The maximum Gasteiger partial charge on any atom is 0.0223 e. The molecule has 0 radical (unpaired) electrons. The number of hydrazine groups is 1. The molecule has 1 rings (SSSR count). The molecule has 0 saturated heterocycles. The lowest BCUT2D eigenvalue weighted by Gasteiger charge is -2.17. The molecule has 3 nitrogen and oxygen atoms in total. The van der Waals surface area contributed by atoms with Crippen molar-refractivity contribution in [3.05, 3.63) is 12.2 Å². The van der Waals surface area contributed by atoms with E-state index in [0.717, 1.165) is 25.6 Å². The van der Waals surface area contributed by atoms with Crippen molar-refractivity contribution in [3.63, 3.8) is 0 Å². The standard InChI is InChI=1S/C9H19N3/c10-12-7-6-11-8-9-4-2-1-3-5-9/h1-2,9,11-12H,3-8,10H2. The van der Waals surface area contributed by atoms with Crippen molar-refractivity contribution in [2.75, 3.05) is 19.6 Å². The summed E-state index contributed by atoms with van der Waals surface area (Å²) in [5.74, 6) is 5.99. The lowest BCUT2D eigenvalue weighted by molar-refractivity contribution is 0.439. The highest BCUT2D eigenvalue weighted by Crippen LogP contribution is 2.16. The monoisotopic (exact) mass is 169 g/mol. The third-order valence-corrected chi connectivity index (χ3v) is 2.26. The van der Waals surface area contributed by atoms with Crippen molar-refractivity contribution in [1.82, 2.24) is 10.7 Å². The molecule has 0 aromatic rings. The van der Waals surface area contributed by atoms with Crippen molar-refractivity contribution in [2.24, 2.45) is 11.8 Å². The Hall–Kier alpha value is -0.380. The second kappa shape index (κ2) is 6.17. The summed E-state index contributed by atoms with van der Waals surface area (Å²) in [6.07, 6.45) is 8.39. The molecule has 1 aliphatic carbocycles. The van der Waals surface area contributed by atoms with Crippen LogP contribution in [0, 0.1) is 5.92 Å². The van der Waals surface area contributed by atoms with Crippen LogP contribution in [-0.2, 0) is 0 Å². The summed E-state index contributed by atoms with van der Waals surface area (Å²) in [4.78, 5) is 0. The third kappa shape index (κ3) is 3.85. The quantitative estimate of drug-likeness (QED) is 0.242. The zero-order chi connectivity index (χ0) is 8.65. The Bertz CT molecular complexity index is 134. The zero-order valence-corrected chi connectivity index (χ0v) is 7.55. The smallest absolute Gasteiger partial charge is 0.0223 e. The van der Waals surface area contributed by atoms with E-state index in [1.807, 2.05) is 0 Å². The second-order valence-corrected chi connectivity index (χ2v) is 3.31. The lowest BCUT2D eigenvalue weighted by atomic mass is 9.94. The number of rotatable bonds is 5. The summed E-state index contributed by atoms with van der Waals surface area (Å²) in [6.45, 7) is 2.95. The normalized spacial score (nSPS) is 22.9. The van der Waals surface area contributed by atoms with E-state index in [1.165, 1.54) is 19.3 Å². The van der Waals surface area contributed by atoms with E-state index < -0.39 is 0 Å². The molecule has 3 heteroatoms. The van der Waals surface area contributed by atoms with Crippen LogP contribution >= 0.6 is 0 Å². The van der Waals surface area contributed by atoms with Gasteiger partial charge in [-0.15, -0.1) is 0 Å². The fourth-order valence-corrected chi connectivity index (χ4v) is 1.51. The summed E-state index contributed by atoms with van der Waals surface area (Å²) < 4.78 is 0. The van der Waals surface area contributed by atoms with E-state index in [0.29, 0.717) is 0 Å². The molecule has 1 atom stereocenters. The molecule has 0 aliphatic heterocycles. The van der Waals surface area contributed by atoms with Crippen molar-refractivity contribution < 1.29 is 0 Å². The molecule has 0 fully saturated rings. The molecule has 0 bridgehead atoms. The molecular weight excluding hydrogens is 150 g/mol. The van der Waals surface area contributed by atoms with Gasteiger partial charge in [0.05, 0.1) is 0 Å².